The molecule has 0 aliphatic carbocycles. The first kappa shape index (κ1) is 22.2. The smallest absolute Gasteiger partial charge is 0.326 e. The summed E-state index contributed by atoms with van der Waals surface area (Å²) < 4.78 is 38.9. The van der Waals surface area contributed by atoms with Gasteiger partial charge in [0.2, 0.25) is 5.91 Å². The predicted molar refractivity (Wildman–Crippen MR) is 110 cm³/mol. The van der Waals surface area contributed by atoms with E-state index in [9.17, 15) is 18.0 Å². The highest BCUT2D eigenvalue weighted by Crippen LogP contribution is 2.36. The molecule has 0 aromatic heterocycles. The molecular formula is C20H18Cl3F3N2O. The summed E-state index contributed by atoms with van der Waals surface area (Å²) in [4.78, 5) is 14.7. The van der Waals surface area contributed by atoms with Crippen LogP contribution in [-0.4, -0.2) is 23.9 Å². The van der Waals surface area contributed by atoms with Crippen molar-refractivity contribution >= 4 is 46.4 Å². The molecule has 1 saturated heterocycles. The van der Waals surface area contributed by atoms with E-state index in [4.69, 9.17) is 34.8 Å². The lowest BCUT2D eigenvalue weighted by atomic mass is 9.95. The van der Waals surface area contributed by atoms with Crippen LogP contribution >= 0.6 is 34.8 Å². The van der Waals surface area contributed by atoms with Crippen LogP contribution in [0.3, 0.4) is 0 Å². The third-order valence-corrected chi connectivity index (χ3v) is 5.98. The molecule has 0 saturated carbocycles. The molecule has 29 heavy (non-hydrogen) atoms. The molecule has 0 unspecified atom stereocenters. The summed E-state index contributed by atoms with van der Waals surface area (Å²) in [5, 5.41) is 3.37. The first-order valence-corrected chi connectivity index (χ1v) is 10.1. The number of nitrogens with zero attached hydrogens (tertiary/aromatic N) is 1. The van der Waals surface area contributed by atoms with Gasteiger partial charge in [0.15, 0.2) is 0 Å². The zero-order valence-electron chi connectivity index (χ0n) is 15.2. The summed E-state index contributed by atoms with van der Waals surface area (Å²) >= 11 is 18.0. The number of rotatable bonds is 4. The Balaban J connectivity index is 1.58. The Morgan fingerprint density at radius 3 is 2.24 bits per heavy atom. The molecular weight excluding hydrogens is 448 g/mol. The number of nitrogens with one attached hydrogen (secondary N) is 1. The normalized spacial score (nSPS) is 16.1. The van der Waals surface area contributed by atoms with Gasteiger partial charge < -0.3 is 5.32 Å². The van der Waals surface area contributed by atoms with E-state index in [1.807, 2.05) is 0 Å². The van der Waals surface area contributed by atoms with Crippen LogP contribution in [0, 0.1) is 5.92 Å². The fourth-order valence-electron chi connectivity index (χ4n) is 3.32. The Labute approximate surface area is 181 Å². The molecule has 0 spiro atoms. The van der Waals surface area contributed by atoms with Crippen LogP contribution in [0.1, 0.15) is 24.0 Å². The van der Waals surface area contributed by atoms with E-state index < -0.39 is 16.8 Å². The van der Waals surface area contributed by atoms with Gasteiger partial charge in [0.25, 0.3) is 0 Å². The van der Waals surface area contributed by atoms with Gasteiger partial charge in [0, 0.05) is 33.8 Å². The number of hydrogen-bond donors (Lipinski definition) is 1. The van der Waals surface area contributed by atoms with Crippen molar-refractivity contribution in [3.63, 3.8) is 0 Å². The lowest BCUT2D eigenvalue weighted by Gasteiger charge is -2.31. The van der Waals surface area contributed by atoms with E-state index in [1.165, 1.54) is 6.07 Å². The molecule has 1 amide bonds. The lowest BCUT2D eigenvalue weighted by Crippen LogP contribution is -2.37. The van der Waals surface area contributed by atoms with Gasteiger partial charge >= 0.3 is 6.18 Å². The standard InChI is InChI=1S/C20H18Cl3F3N2O/c21-16-2-1-3-17(22)14(16)11-28-8-6-12(7-9-28)19(29)27-13-4-5-18(23)15(10-13)20(24,25)26/h1-5,10,12H,6-9,11H2,(H,27,29). The van der Waals surface area contributed by atoms with Crippen molar-refractivity contribution in [3.8, 4) is 0 Å². The zero-order chi connectivity index (χ0) is 21.2. The molecule has 1 heterocycles. The quantitative estimate of drug-likeness (QED) is 0.558. The minimum absolute atomic E-state index is 0.0806. The maximum atomic E-state index is 13.0. The number of carbonyl (C=O) groups is 1. The third-order valence-electron chi connectivity index (χ3n) is 4.94. The van der Waals surface area contributed by atoms with E-state index >= 15 is 0 Å². The van der Waals surface area contributed by atoms with Gasteiger partial charge in [-0.15, -0.1) is 0 Å². The zero-order valence-corrected chi connectivity index (χ0v) is 17.5. The number of halogens is 6. The monoisotopic (exact) mass is 464 g/mol. The summed E-state index contributed by atoms with van der Waals surface area (Å²) in [5.74, 6) is -0.575. The average molecular weight is 466 g/mol. The Hall–Kier alpha value is -1.47. The van der Waals surface area contributed by atoms with Crippen molar-refractivity contribution in [2.24, 2.45) is 5.92 Å². The second-order valence-corrected chi connectivity index (χ2v) is 8.15. The molecule has 0 radical (unpaired) electrons. The number of hydrogen-bond acceptors (Lipinski definition) is 2. The second-order valence-electron chi connectivity index (χ2n) is 6.93. The second kappa shape index (κ2) is 9.13. The number of amides is 1. The van der Waals surface area contributed by atoms with Crippen LogP contribution in [0.2, 0.25) is 15.1 Å². The third kappa shape index (κ3) is 5.57. The summed E-state index contributed by atoms with van der Waals surface area (Å²) in [5.41, 5.74) is -0.0417. The lowest BCUT2D eigenvalue weighted by molar-refractivity contribution is -0.137. The highest BCUT2D eigenvalue weighted by molar-refractivity contribution is 6.36. The van der Waals surface area contributed by atoms with Crippen LogP contribution in [0.25, 0.3) is 0 Å². The van der Waals surface area contributed by atoms with Gasteiger partial charge in [-0.1, -0.05) is 40.9 Å². The Morgan fingerprint density at radius 1 is 1.03 bits per heavy atom. The van der Waals surface area contributed by atoms with Crippen molar-refractivity contribution in [2.45, 2.75) is 25.6 Å². The van der Waals surface area contributed by atoms with Crippen molar-refractivity contribution < 1.29 is 18.0 Å². The van der Waals surface area contributed by atoms with E-state index in [0.717, 1.165) is 17.7 Å². The number of benzene rings is 2. The van der Waals surface area contributed by atoms with Gasteiger partial charge in [-0.3, -0.25) is 9.69 Å². The van der Waals surface area contributed by atoms with Crippen molar-refractivity contribution in [1.82, 2.24) is 4.90 Å². The maximum absolute atomic E-state index is 13.0. The average Bonchev–Trinajstić information content (AvgIpc) is 2.66. The molecule has 3 nitrogen and oxygen atoms in total. The first-order chi connectivity index (χ1) is 13.6. The van der Waals surface area contributed by atoms with Crippen LogP contribution in [-0.2, 0) is 17.5 Å². The molecule has 3 rings (SSSR count). The summed E-state index contributed by atoms with van der Waals surface area (Å²) in [6.45, 7) is 1.90. The van der Waals surface area contributed by atoms with Crippen LogP contribution in [0.5, 0.6) is 0 Å². The molecule has 0 bridgehead atoms. The van der Waals surface area contributed by atoms with E-state index in [-0.39, 0.29) is 17.5 Å². The van der Waals surface area contributed by atoms with Gasteiger partial charge in [0.1, 0.15) is 0 Å². The SMILES string of the molecule is O=C(Nc1ccc(Cl)c(C(F)(F)F)c1)C1CCN(Cc2c(Cl)cccc2Cl)CC1. The van der Waals surface area contributed by atoms with Crippen molar-refractivity contribution in [3.05, 3.63) is 62.6 Å². The van der Waals surface area contributed by atoms with Crippen LogP contribution in [0.4, 0.5) is 18.9 Å². The molecule has 1 N–H and O–H groups in total. The van der Waals surface area contributed by atoms with E-state index in [1.54, 1.807) is 18.2 Å². The van der Waals surface area contributed by atoms with Crippen molar-refractivity contribution in [2.75, 3.05) is 18.4 Å². The van der Waals surface area contributed by atoms with E-state index in [0.29, 0.717) is 42.5 Å². The Morgan fingerprint density at radius 2 is 1.66 bits per heavy atom. The minimum atomic E-state index is -4.58. The molecule has 156 valence electrons. The minimum Gasteiger partial charge on any atom is -0.326 e. The van der Waals surface area contributed by atoms with Gasteiger partial charge in [-0.2, -0.15) is 13.2 Å². The van der Waals surface area contributed by atoms with Gasteiger partial charge in [-0.05, 0) is 56.3 Å². The number of alkyl halides is 3. The maximum Gasteiger partial charge on any atom is 0.417 e. The van der Waals surface area contributed by atoms with Crippen LogP contribution < -0.4 is 5.32 Å². The van der Waals surface area contributed by atoms with Gasteiger partial charge in [0.05, 0.1) is 10.6 Å². The number of carbonyl (C=O) groups excluding carboxylic acids is 1. The largest absolute Gasteiger partial charge is 0.417 e. The molecule has 9 heteroatoms. The van der Waals surface area contributed by atoms with Gasteiger partial charge in [-0.25, -0.2) is 0 Å². The predicted octanol–water partition coefficient (Wildman–Crippen LogP) is 6.52. The summed E-state index contributed by atoms with van der Waals surface area (Å²) in [6.07, 6.45) is -3.40. The molecule has 1 aliphatic rings. The number of likely N-dealkylation sites (tertiary alicyclic amines) is 1. The molecule has 2 aromatic rings. The molecule has 0 atom stereocenters. The number of anilines is 1. The number of piperidine rings is 1. The Kier molecular flexibility index (Phi) is 6.99. The molecule has 2 aromatic carbocycles. The van der Waals surface area contributed by atoms with Crippen molar-refractivity contribution in [1.29, 1.82) is 0 Å². The van der Waals surface area contributed by atoms with E-state index in [2.05, 4.69) is 10.2 Å². The summed E-state index contributed by atoms with van der Waals surface area (Å²) in [6, 6.07) is 8.70. The molecule has 1 aliphatic heterocycles. The summed E-state index contributed by atoms with van der Waals surface area (Å²) in [7, 11) is 0. The fraction of sp³-hybridized carbons (Fsp3) is 0.350. The fourth-order valence-corrected chi connectivity index (χ4v) is 4.07. The highest BCUT2D eigenvalue weighted by Gasteiger charge is 2.34. The first-order valence-electron chi connectivity index (χ1n) is 8.98. The highest BCUT2D eigenvalue weighted by atomic mass is 35.5. The Bertz CT molecular complexity index is 877. The van der Waals surface area contributed by atoms with Crippen LogP contribution in [0.15, 0.2) is 36.4 Å². The topological polar surface area (TPSA) is 32.3 Å². The molecule has 1 fully saturated rings.